The minimum absolute atomic E-state index is 0.126. The van der Waals surface area contributed by atoms with Gasteiger partial charge in [-0.25, -0.2) is 4.79 Å². The van der Waals surface area contributed by atoms with Gasteiger partial charge in [-0.3, -0.25) is 5.32 Å². The quantitative estimate of drug-likeness (QED) is 0.327. The lowest BCUT2D eigenvalue weighted by Crippen LogP contribution is -2.88. The molecule has 5 nitrogen and oxygen atoms in total. The highest BCUT2D eigenvalue weighted by Gasteiger charge is 2.23. The van der Waals surface area contributed by atoms with Crippen molar-refractivity contribution in [3.8, 4) is 28.0 Å². The van der Waals surface area contributed by atoms with Crippen LogP contribution in [0.5, 0.6) is 5.75 Å². The maximum Gasteiger partial charge on any atom is 0.342 e. The van der Waals surface area contributed by atoms with E-state index >= 15 is 0 Å². The first-order chi connectivity index (χ1) is 15.3. The number of amides is 1. The number of anilines is 1. The van der Waals surface area contributed by atoms with Crippen LogP contribution in [0.1, 0.15) is 23.2 Å². The molecule has 0 atom stereocenters. The fourth-order valence-corrected chi connectivity index (χ4v) is 3.99. The number of carbonyl (C=O) groups is 1. The number of ether oxygens (including phenoxy) is 1. The molecule has 1 aliphatic rings. The third-order valence-corrected chi connectivity index (χ3v) is 5.67. The molecule has 3 aromatic rings. The van der Waals surface area contributed by atoms with E-state index in [0.29, 0.717) is 0 Å². The van der Waals surface area contributed by atoms with E-state index < -0.39 is 0 Å². The first kappa shape index (κ1) is 21.1. The number of quaternary nitrogens is 1. The van der Waals surface area contributed by atoms with E-state index in [2.05, 4.69) is 34.9 Å². The number of para-hydroxylation sites is 2. The van der Waals surface area contributed by atoms with Crippen LogP contribution in [0, 0.1) is 0 Å². The molecule has 0 aliphatic heterocycles. The smallest absolute Gasteiger partial charge is 0.342 e. The zero-order chi connectivity index (χ0) is 21.5. The van der Waals surface area contributed by atoms with E-state index in [9.17, 15) is 4.79 Å². The Morgan fingerprint density at radius 1 is 0.839 bits per heavy atom. The predicted molar refractivity (Wildman–Crippen MR) is 126 cm³/mol. The monoisotopic (exact) mass is 416 g/mol. The van der Waals surface area contributed by atoms with Gasteiger partial charge in [-0.1, -0.05) is 42.5 Å². The Balaban J connectivity index is 1.09. The van der Waals surface area contributed by atoms with Gasteiger partial charge in [0.15, 0.2) is 0 Å². The molecule has 4 N–H and O–H groups in total. The molecule has 5 heteroatoms. The van der Waals surface area contributed by atoms with E-state index in [4.69, 9.17) is 4.74 Å². The third kappa shape index (κ3) is 4.95. The maximum atomic E-state index is 12.5. The van der Waals surface area contributed by atoms with Gasteiger partial charge in [-0.2, -0.15) is 0 Å². The van der Waals surface area contributed by atoms with Crippen LogP contribution in [0.15, 0.2) is 66.7 Å². The van der Waals surface area contributed by atoms with Crippen molar-refractivity contribution in [2.24, 2.45) is 0 Å². The molecule has 0 radical (unpaired) electrons. The van der Waals surface area contributed by atoms with Crippen molar-refractivity contribution in [2.45, 2.75) is 12.8 Å². The molecule has 0 spiro atoms. The fraction of sp³-hybridized carbons (Fsp3) is 0.269. The van der Waals surface area contributed by atoms with Gasteiger partial charge in [0.1, 0.15) is 5.75 Å². The van der Waals surface area contributed by atoms with Crippen molar-refractivity contribution in [2.75, 3.05) is 38.6 Å². The summed E-state index contributed by atoms with van der Waals surface area (Å²) < 4.78 is 5.34. The number of hydrogen-bond acceptors (Lipinski definition) is 4. The average molecular weight is 417 g/mol. The fourth-order valence-electron chi connectivity index (χ4n) is 3.99. The van der Waals surface area contributed by atoms with Gasteiger partial charge in [0.25, 0.3) is 0 Å². The molecule has 1 aliphatic carbocycles. The molecular formula is C26H30N3O2+. The SMILES string of the molecule is COc1ccccc1NCCNCCCC[NH2+]C(=O)c1ccc2c(c1)-c1ccccc1-2. The predicted octanol–water partition coefficient (Wildman–Crippen LogP) is 3.53. The number of hydrogen-bond donors (Lipinski definition) is 3. The molecule has 0 bridgehead atoms. The lowest BCUT2D eigenvalue weighted by Gasteiger charge is -2.23. The zero-order valence-electron chi connectivity index (χ0n) is 18.0. The second-order valence-corrected chi connectivity index (χ2v) is 7.75. The lowest BCUT2D eigenvalue weighted by molar-refractivity contribution is -0.555. The molecule has 0 unspecified atom stereocenters. The normalized spacial score (nSPS) is 11.3. The second-order valence-electron chi connectivity index (χ2n) is 7.75. The van der Waals surface area contributed by atoms with Gasteiger partial charge >= 0.3 is 5.91 Å². The highest BCUT2D eigenvalue weighted by molar-refractivity contribution is 6.04. The molecule has 31 heavy (non-hydrogen) atoms. The number of benzene rings is 3. The van der Waals surface area contributed by atoms with Gasteiger partial charge in [-0.05, 0) is 65.9 Å². The number of rotatable bonds is 11. The summed E-state index contributed by atoms with van der Waals surface area (Å²) in [5.74, 6) is 0.987. The van der Waals surface area contributed by atoms with Crippen LogP contribution in [0.25, 0.3) is 22.3 Å². The van der Waals surface area contributed by atoms with E-state index in [-0.39, 0.29) is 5.91 Å². The summed E-state index contributed by atoms with van der Waals surface area (Å²) in [6, 6.07) is 22.3. The highest BCUT2D eigenvalue weighted by Crippen LogP contribution is 2.46. The summed E-state index contributed by atoms with van der Waals surface area (Å²) in [7, 11) is 1.68. The Hall–Kier alpha value is -3.15. The topological polar surface area (TPSA) is 67.0 Å². The molecule has 0 aromatic heterocycles. The number of nitrogens with two attached hydrogens (primary N) is 1. The van der Waals surface area contributed by atoms with Gasteiger partial charge in [-0.15, -0.1) is 0 Å². The Labute approximate surface area is 183 Å². The molecule has 160 valence electrons. The van der Waals surface area contributed by atoms with Crippen LogP contribution in [0.2, 0.25) is 0 Å². The van der Waals surface area contributed by atoms with Gasteiger partial charge in [0.2, 0.25) is 0 Å². The van der Waals surface area contributed by atoms with Crippen molar-refractivity contribution < 1.29 is 14.8 Å². The first-order valence-electron chi connectivity index (χ1n) is 11.0. The molecular weight excluding hydrogens is 386 g/mol. The summed E-state index contributed by atoms with van der Waals surface area (Å²) in [5, 5.41) is 8.65. The molecule has 0 saturated carbocycles. The summed E-state index contributed by atoms with van der Waals surface area (Å²) >= 11 is 0. The Bertz CT molecular complexity index is 1050. The van der Waals surface area contributed by atoms with E-state index in [0.717, 1.165) is 56.0 Å². The van der Waals surface area contributed by atoms with E-state index in [1.807, 2.05) is 47.8 Å². The minimum Gasteiger partial charge on any atom is -0.495 e. The first-order valence-corrected chi connectivity index (χ1v) is 11.0. The number of primary amides is 1. The molecule has 0 heterocycles. The number of carbonyl (C=O) groups excluding carboxylic acids is 1. The van der Waals surface area contributed by atoms with E-state index in [1.165, 1.54) is 22.3 Å². The summed E-state index contributed by atoms with van der Waals surface area (Å²) in [5.41, 5.74) is 6.77. The van der Waals surface area contributed by atoms with Crippen molar-refractivity contribution >= 4 is 11.6 Å². The Kier molecular flexibility index (Phi) is 6.97. The van der Waals surface area contributed by atoms with Crippen LogP contribution in [0.3, 0.4) is 0 Å². The molecule has 0 fully saturated rings. The maximum absolute atomic E-state index is 12.5. The lowest BCUT2D eigenvalue weighted by atomic mass is 9.80. The number of methoxy groups -OCH3 is 1. The largest absolute Gasteiger partial charge is 0.495 e. The van der Waals surface area contributed by atoms with E-state index in [1.54, 1.807) is 7.11 Å². The summed E-state index contributed by atoms with van der Waals surface area (Å²) in [6.07, 6.45) is 2.06. The highest BCUT2D eigenvalue weighted by atomic mass is 16.5. The second kappa shape index (κ2) is 10.2. The summed E-state index contributed by atoms with van der Waals surface area (Å²) in [6.45, 7) is 3.49. The van der Waals surface area contributed by atoms with Gasteiger partial charge < -0.3 is 15.4 Å². The third-order valence-electron chi connectivity index (χ3n) is 5.67. The minimum atomic E-state index is 0.126. The molecule has 1 amide bonds. The van der Waals surface area contributed by atoms with Crippen LogP contribution < -0.4 is 20.7 Å². The molecule has 3 aromatic carbocycles. The molecule has 4 rings (SSSR count). The zero-order valence-corrected chi connectivity index (χ0v) is 18.0. The number of nitrogens with one attached hydrogen (secondary N) is 2. The molecule has 0 saturated heterocycles. The van der Waals surface area contributed by atoms with Crippen LogP contribution in [-0.4, -0.2) is 39.2 Å². The van der Waals surface area contributed by atoms with Crippen molar-refractivity contribution in [1.82, 2.24) is 5.32 Å². The van der Waals surface area contributed by atoms with Crippen molar-refractivity contribution in [3.63, 3.8) is 0 Å². The van der Waals surface area contributed by atoms with Gasteiger partial charge in [0, 0.05) is 13.1 Å². The van der Waals surface area contributed by atoms with Crippen LogP contribution in [0.4, 0.5) is 5.69 Å². The average Bonchev–Trinajstić information content (AvgIpc) is 2.81. The van der Waals surface area contributed by atoms with Crippen molar-refractivity contribution in [1.29, 1.82) is 0 Å². The number of unbranched alkanes of at least 4 members (excludes halogenated alkanes) is 1. The number of fused-ring (bicyclic) bond motifs is 4. The Morgan fingerprint density at radius 3 is 2.42 bits per heavy atom. The Morgan fingerprint density at radius 2 is 1.58 bits per heavy atom. The van der Waals surface area contributed by atoms with Crippen LogP contribution in [-0.2, 0) is 0 Å². The van der Waals surface area contributed by atoms with Crippen molar-refractivity contribution in [3.05, 3.63) is 72.3 Å². The summed E-state index contributed by atoms with van der Waals surface area (Å²) in [4.78, 5) is 12.5. The van der Waals surface area contributed by atoms with Crippen LogP contribution >= 0.6 is 0 Å². The van der Waals surface area contributed by atoms with Gasteiger partial charge in [0.05, 0.1) is 24.9 Å². The standard InChI is InChI=1S/C26H29N3O2/c1-31-25-11-5-4-10-24(25)28-17-16-27-14-6-7-15-29-26(30)19-12-13-22-20-8-2-3-9-21(20)23(22)18-19/h2-5,8-13,18,27-28H,6-7,14-17H2,1H3,(H,29,30)/p+1.